The maximum Gasteiger partial charge on any atom is 0.306 e. The van der Waals surface area contributed by atoms with Crippen LogP contribution in [0.4, 0.5) is 0 Å². The van der Waals surface area contributed by atoms with Crippen LogP contribution in [0, 0.1) is 0 Å². The molecular weight excluding hydrogens is 949 g/mol. The van der Waals surface area contributed by atoms with Crippen molar-refractivity contribution in [1.82, 2.24) is 0 Å². The normalized spacial score (nSPS) is 13.2. The van der Waals surface area contributed by atoms with E-state index in [-0.39, 0.29) is 37.5 Å². The number of ether oxygens (including phenoxy) is 3. The van der Waals surface area contributed by atoms with Crippen LogP contribution in [0.5, 0.6) is 0 Å². The number of allylic oxidation sites excluding steroid dienone is 26. The average Bonchev–Trinajstić information content (AvgIpc) is 3.43. The van der Waals surface area contributed by atoms with E-state index in [4.69, 9.17) is 14.2 Å². The fourth-order valence-electron chi connectivity index (χ4n) is 7.98. The summed E-state index contributed by atoms with van der Waals surface area (Å²) in [6.07, 6.45) is 92.4. The minimum Gasteiger partial charge on any atom is -0.462 e. The van der Waals surface area contributed by atoms with Crippen LogP contribution in [-0.4, -0.2) is 37.2 Å². The molecule has 1 atom stereocenters. The topological polar surface area (TPSA) is 78.9 Å². The van der Waals surface area contributed by atoms with E-state index in [0.29, 0.717) is 12.8 Å². The fourth-order valence-corrected chi connectivity index (χ4v) is 7.98. The molecule has 0 saturated carbocycles. The van der Waals surface area contributed by atoms with Crippen LogP contribution in [0.1, 0.15) is 252 Å². The quantitative estimate of drug-likeness (QED) is 0.0261. The van der Waals surface area contributed by atoms with Gasteiger partial charge in [-0.3, -0.25) is 14.4 Å². The van der Waals surface area contributed by atoms with Gasteiger partial charge in [-0.15, -0.1) is 0 Å². The van der Waals surface area contributed by atoms with E-state index in [9.17, 15) is 14.4 Å². The highest BCUT2D eigenvalue weighted by Gasteiger charge is 2.19. The predicted molar refractivity (Wildman–Crippen MR) is 334 cm³/mol. The molecule has 0 aromatic carbocycles. The van der Waals surface area contributed by atoms with Crippen molar-refractivity contribution in [1.29, 1.82) is 0 Å². The standard InChI is InChI=1S/C71H112O6/c1-4-7-10-13-16-19-22-25-28-30-31-32-33-34-35-36-37-38-39-41-43-46-49-52-55-58-61-64-70(73)76-67-68(66-75-69(72)63-60-57-54-51-48-45-42-27-24-21-18-15-12-9-6-3)77-71(74)65-62-59-56-53-50-47-44-40-29-26-23-20-17-14-11-8-5-2/h7-12,16-21,25-29,31-32,34-35,37-38,42,44,47,68H,4-6,13-15,22-24,30,33,36,39-41,43,45-46,48-67H2,1-3H3/b10-7-,11-8-,12-9-,19-16-,20-17-,21-18-,28-25-,29-26-,32-31-,35-34-,38-37-,42-27-,47-44-. The van der Waals surface area contributed by atoms with Crippen LogP contribution >= 0.6 is 0 Å². The molecule has 0 radical (unpaired) electrons. The zero-order valence-electron chi connectivity index (χ0n) is 49.4. The monoisotopic (exact) mass is 1060 g/mol. The van der Waals surface area contributed by atoms with Gasteiger partial charge in [0.15, 0.2) is 6.10 Å². The number of hydrogen-bond acceptors (Lipinski definition) is 6. The molecule has 0 spiro atoms. The van der Waals surface area contributed by atoms with Gasteiger partial charge >= 0.3 is 17.9 Å². The van der Waals surface area contributed by atoms with E-state index < -0.39 is 6.10 Å². The van der Waals surface area contributed by atoms with Crippen LogP contribution < -0.4 is 0 Å². The lowest BCUT2D eigenvalue weighted by Crippen LogP contribution is -2.30. The van der Waals surface area contributed by atoms with Gasteiger partial charge in [-0.25, -0.2) is 0 Å². The third-order valence-corrected chi connectivity index (χ3v) is 12.5. The Morgan fingerprint density at radius 1 is 0.260 bits per heavy atom. The Balaban J connectivity index is 4.43. The molecular formula is C71H112O6. The molecule has 0 rings (SSSR count). The lowest BCUT2D eigenvalue weighted by molar-refractivity contribution is -0.167. The molecule has 0 aliphatic heterocycles. The van der Waals surface area contributed by atoms with Gasteiger partial charge < -0.3 is 14.2 Å². The summed E-state index contributed by atoms with van der Waals surface area (Å²) in [5, 5.41) is 0. The second-order valence-electron chi connectivity index (χ2n) is 19.8. The van der Waals surface area contributed by atoms with Crippen molar-refractivity contribution in [2.75, 3.05) is 13.2 Å². The van der Waals surface area contributed by atoms with Gasteiger partial charge in [0.2, 0.25) is 0 Å². The summed E-state index contributed by atoms with van der Waals surface area (Å²) in [6, 6.07) is 0. The minimum absolute atomic E-state index is 0.105. The van der Waals surface area contributed by atoms with Gasteiger partial charge in [0, 0.05) is 19.3 Å². The van der Waals surface area contributed by atoms with Crippen molar-refractivity contribution in [2.45, 2.75) is 258 Å². The third kappa shape index (κ3) is 61.8. The molecule has 77 heavy (non-hydrogen) atoms. The van der Waals surface area contributed by atoms with E-state index >= 15 is 0 Å². The Morgan fingerprint density at radius 3 is 0.727 bits per heavy atom. The second-order valence-corrected chi connectivity index (χ2v) is 19.8. The van der Waals surface area contributed by atoms with Gasteiger partial charge in [0.05, 0.1) is 0 Å². The maximum atomic E-state index is 12.9. The molecule has 0 aromatic heterocycles. The van der Waals surface area contributed by atoms with Gasteiger partial charge in [-0.05, 0) is 141 Å². The van der Waals surface area contributed by atoms with Crippen LogP contribution in [0.15, 0.2) is 158 Å². The van der Waals surface area contributed by atoms with E-state index in [1.165, 1.54) is 32.1 Å². The summed E-state index contributed by atoms with van der Waals surface area (Å²) >= 11 is 0. The average molecular weight is 1060 g/mol. The Bertz CT molecular complexity index is 1740. The summed E-state index contributed by atoms with van der Waals surface area (Å²) in [4.78, 5) is 38.3. The first-order valence-corrected chi connectivity index (χ1v) is 31.0. The highest BCUT2D eigenvalue weighted by atomic mass is 16.6. The van der Waals surface area contributed by atoms with Gasteiger partial charge in [-0.1, -0.05) is 249 Å². The van der Waals surface area contributed by atoms with Crippen LogP contribution in [0.2, 0.25) is 0 Å². The van der Waals surface area contributed by atoms with Gasteiger partial charge in [0.1, 0.15) is 13.2 Å². The summed E-state index contributed by atoms with van der Waals surface area (Å²) in [5.74, 6) is -0.958. The van der Waals surface area contributed by atoms with Crippen LogP contribution in [0.3, 0.4) is 0 Å². The number of carbonyl (C=O) groups excluding carboxylic acids is 3. The predicted octanol–water partition coefficient (Wildman–Crippen LogP) is 21.3. The smallest absolute Gasteiger partial charge is 0.306 e. The molecule has 0 fully saturated rings. The zero-order valence-corrected chi connectivity index (χ0v) is 49.4. The van der Waals surface area contributed by atoms with Crippen molar-refractivity contribution in [3.05, 3.63) is 158 Å². The van der Waals surface area contributed by atoms with Gasteiger partial charge in [0.25, 0.3) is 0 Å². The Morgan fingerprint density at radius 2 is 0.468 bits per heavy atom. The van der Waals surface area contributed by atoms with Crippen molar-refractivity contribution in [3.63, 3.8) is 0 Å². The molecule has 0 aromatic rings. The van der Waals surface area contributed by atoms with E-state index in [2.05, 4.69) is 179 Å². The maximum absolute atomic E-state index is 12.9. The first-order valence-electron chi connectivity index (χ1n) is 31.0. The zero-order chi connectivity index (χ0) is 55.7. The molecule has 6 nitrogen and oxygen atoms in total. The van der Waals surface area contributed by atoms with Crippen molar-refractivity contribution >= 4 is 17.9 Å². The number of unbranched alkanes of at least 4 members (excludes halogenated alkanes) is 17. The summed E-state index contributed by atoms with van der Waals surface area (Å²) in [7, 11) is 0. The Hall–Kier alpha value is -4.97. The number of carbonyl (C=O) groups is 3. The number of hydrogen-bond donors (Lipinski definition) is 0. The van der Waals surface area contributed by atoms with Crippen molar-refractivity contribution < 1.29 is 28.6 Å². The number of rotatable bonds is 54. The molecule has 0 aliphatic carbocycles. The highest BCUT2D eigenvalue weighted by Crippen LogP contribution is 2.14. The molecule has 0 heterocycles. The van der Waals surface area contributed by atoms with Crippen LogP contribution in [0.25, 0.3) is 0 Å². The SMILES string of the molecule is CC/C=C\C/C=C\C/C=C\C/C=C\C/C=C\C/C=C\CCCCCCCCCCC(=O)OCC(COC(=O)CCCCCCC/C=C\C/C=C\C/C=C\CC)OC(=O)CCCCCC/C=C\C/C=C\C/C=C\C/C=C\CC. The molecule has 0 amide bonds. The van der Waals surface area contributed by atoms with E-state index in [0.717, 1.165) is 180 Å². The molecule has 0 aliphatic rings. The fraction of sp³-hybridized carbons (Fsp3) is 0.592. The lowest BCUT2D eigenvalue weighted by atomic mass is 10.1. The number of esters is 3. The summed E-state index contributed by atoms with van der Waals surface area (Å²) in [5.41, 5.74) is 0. The van der Waals surface area contributed by atoms with E-state index in [1.54, 1.807) is 0 Å². The van der Waals surface area contributed by atoms with Crippen molar-refractivity contribution in [2.24, 2.45) is 0 Å². The Kier molecular flexibility index (Phi) is 59.5. The molecule has 0 bridgehead atoms. The molecule has 6 heteroatoms. The second kappa shape index (κ2) is 63.6. The molecule has 432 valence electrons. The first-order chi connectivity index (χ1) is 38.0. The molecule has 0 saturated heterocycles. The third-order valence-electron chi connectivity index (χ3n) is 12.5. The summed E-state index contributed by atoms with van der Waals surface area (Å²) in [6.45, 7) is 6.25. The molecule has 0 N–H and O–H groups in total. The van der Waals surface area contributed by atoms with Crippen molar-refractivity contribution in [3.8, 4) is 0 Å². The summed E-state index contributed by atoms with van der Waals surface area (Å²) < 4.78 is 16.9. The lowest BCUT2D eigenvalue weighted by Gasteiger charge is -2.18. The molecule has 1 unspecified atom stereocenters. The van der Waals surface area contributed by atoms with Crippen LogP contribution in [-0.2, 0) is 28.6 Å². The van der Waals surface area contributed by atoms with E-state index in [1.807, 2.05) is 0 Å². The largest absolute Gasteiger partial charge is 0.462 e. The van der Waals surface area contributed by atoms with Gasteiger partial charge in [-0.2, -0.15) is 0 Å². The highest BCUT2D eigenvalue weighted by molar-refractivity contribution is 5.71. The first kappa shape index (κ1) is 72.0. The Labute approximate surface area is 473 Å². The minimum atomic E-state index is -0.811.